The minimum absolute atomic E-state index is 0.322. The molecule has 0 aromatic rings. The molecule has 0 saturated heterocycles. The molecule has 1 rings (SSSR count). The van der Waals surface area contributed by atoms with Crippen LogP contribution in [0.15, 0.2) is 0 Å². The van der Waals surface area contributed by atoms with Crippen molar-refractivity contribution in [2.45, 2.75) is 65.0 Å². The highest BCUT2D eigenvalue weighted by atomic mass is 16.6. The zero-order valence-corrected chi connectivity index (χ0v) is 12.2. The minimum atomic E-state index is -0.425. The molecule has 4 nitrogen and oxygen atoms in total. The summed E-state index contributed by atoms with van der Waals surface area (Å²) in [7, 11) is 0. The van der Waals surface area contributed by atoms with Crippen molar-refractivity contribution in [3.63, 3.8) is 0 Å². The van der Waals surface area contributed by atoms with Gasteiger partial charge in [-0.25, -0.2) is 4.79 Å². The first kappa shape index (κ1) is 15.3. The van der Waals surface area contributed by atoms with Crippen LogP contribution in [0.25, 0.3) is 0 Å². The molecule has 1 atom stereocenters. The van der Waals surface area contributed by atoms with Crippen molar-refractivity contribution in [1.29, 1.82) is 0 Å². The number of nitrogens with one attached hydrogen (secondary N) is 2. The molecule has 0 aromatic heterocycles. The van der Waals surface area contributed by atoms with E-state index in [0.717, 1.165) is 25.3 Å². The van der Waals surface area contributed by atoms with E-state index in [-0.39, 0.29) is 6.09 Å². The molecule has 4 heteroatoms. The summed E-state index contributed by atoms with van der Waals surface area (Å²) in [5.41, 5.74) is -0.425. The van der Waals surface area contributed by atoms with Crippen LogP contribution >= 0.6 is 0 Å². The fourth-order valence-electron chi connectivity index (χ4n) is 1.80. The Balaban J connectivity index is 2.20. The van der Waals surface area contributed by atoms with Gasteiger partial charge in [-0.2, -0.15) is 0 Å². The van der Waals surface area contributed by atoms with Gasteiger partial charge in [-0.1, -0.05) is 13.3 Å². The standard InChI is InChI=1S/C14H28N2O2/c1-5-6-12(15-9-11-7-8-11)10-16-13(17)18-14(2,3)4/h11-12,15H,5-10H2,1-4H3,(H,16,17). The number of hydrogen-bond donors (Lipinski definition) is 2. The fraction of sp³-hybridized carbons (Fsp3) is 0.929. The Labute approximate surface area is 111 Å². The van der Waals surface area contributed by atoms with E-state index in [1.165, 1.54) is 12.8 Å². The van der Waals surface area contributed by atoms with E-state index in [1.807, 2.05) is 20.8 Å². The Morgan fingerprint density at radius 3 is 2.56 bits per heavy atom. The highest BCUT2D eigenvalue weighted by Crippen LogP contribution is 2.27. The van der Waals surface area contributed by atoms with Crippen molar-refractivity contribution in [2.24, 2.45) is 5.92 Å². The van der Waals surface area contributed by atoms with Crippen LogP contribution in [0.3, 0.4) is 0 Å². The molecule has 18 heavy (non-hydrogen) atoms. The zero-order valence-electron chi connectivity index (χ0n) is 12.2. The third-order valence-corrected chi connectivity index (χ3v) is 2.92. The lowest BCUT2D eigenvalue weighted by molar-refractivity contribution is 0.0521. The number of carbonyl (C=O) groups excluding carboxylic acids is 1. The lowest BCUT2D eigenvalue weighted by atomic mass is 10.1. The largest absolute Gasteiger partial charge is 0.444 e. The number of rotatable bonds is 7. The van der Waals surface area contributed by atoms with E-state index in [1.54, 1.807) is 0 Å². The maximum absolute atomic E-state index is 11.6. The van der Waals surface area contributed by atoms with Gasteiger partial charge in [0.1, 0.15) is 5.60 Å². The Kier molecular flexibility index (Phi) is 5.93. The van der Waals surface area contributed by atoms with Crippen LogP contribution in [0.1, 0.15) is 53.4 Å². The van der Waals surface area contributed by atoms with Gasteiger partial charge in [0.2, 0.25) is 0 Å². The van der Waals surface area contributed by atoms with E-state index in [0.29, 0.717) is 12.6 Å². The van der Waals surface area contributed by atoms with Crippen molar-refractivity contribution >= 4 is 6.09 Å². The van der Waals surface area contributed by atoms with Crippen LogP contribution in [0.2, 0.25) is 0 Å². The first-order valence-electron chi connectivity index (χ1n) is 7.11. The summed E-state index contributed by atoms with van der Waals surface area (Å²) in [5, 5.41) is 6.38. The second-order valence-electron chi connectivity index (χ2n) is 6.22. The average molecular weight is 256 g/mol. The van der Waals surface area contributed by atoms with E-state index >= 15 is 0 Å². The van der Waals surface area contributed by atoms with Crippen LogP contribution in [0.5, 0.6) is 0 Å². The van der Waals surface area contributed by atoms with Crippen molar-refractivity contribution in [1.82, 2.24) is 10.6 Å². The van der Waals surface area contributed by atoms with Crippen molar-refractivity contribution < 1.29 is 9.53 Å². The van der Waals surface area contributed by atoms with Gasteiger partial charge in [-0.05, 0) is 52.5 Å². The van der Waals surface area contributed by atoms with Gasteiger partial charge in [-0.15, -0.1) is 0 Å². The van der Waals surface area contributed by atoms with Crippen LogP contribution in [-0.4, -0.2) is 30.8 Å². The normalized spacial score (nSPS) is 17.3. The first-order valence-corrected chi connectivity index (χ1v) is 7.11. The molecule has 0 bridgehead atoms. The van der Waals surface area contributed by atoms with Crippen molar-refractivity contribution in [3.05, 3.63) is 0 Å². The second kappa shape index (κ2) is 6.98. The third kappa shape index (κ3) is 7.54. The van der Waals surface area contributed by atoms with Crippen LogP contribution in [0.4, 0.5) is 4.79 Å². The number of hydrogen-bond acceptors (Lipinski definition) is 3. The Morgan fingerprint density at radius 1 is 1.39 bits per heavy atom. The Bertz CT molecular complexity index is 257. The van der Waals surface area contributed by atoms with Gasteiger partial charge in [0.05, 0.1) is 0 Å². The maximum Gasteiger partial charge on any atom is 0.407 e. The number of amides is 1. The molecule has 0 radical (unpaired) electrons. The van der Waals surface area contributed by atoms with E-state index in [4.69, 9.17) is 4.74 Å². The molecular weight excluding hydrogens is 228 g/mol. The lowest BCUT2D eigenvalue weighted by Gasteiger charge is -2.22. The highest BCUT2D eigenvalue weighted by Gasteiger charge is 2.22. The molecule has 0 spiro atoms. The summed E-state index contributed by atoms with van der Waals surface area (Å²) in [6.07, 6.45) is 4.59. The van der Waals surface area contributed by atoms with Crippen LogP contribution < -0.4 is 10.6 Å². The molecule has 0 aromatic carbocycles. The molecular formula is C14H28N2O2. The molecule has 0 aliphatic heterocycles. The molecule has 106 valence electrons. The predicted molar refractivity (Wildman–Crippen MR) is 73.7 cm³/mol. The van der Waals surface area contributed by atoms with Crippen LogP contribution in [-0.2, 0) is 4.74 Å². The average Bonchev–Trinajstić information content (AvgIpc) is 3.03. The highest BCUT2D eigenvalue weighted by molar-refractivity contribution is 5.67. The molecule has 1 amide bonds. The molecule has 0 heterocycles. The van der Waals surface area contributed by atoms with Crippen molar-refractivity contribution in [2.75, 3.05) is 13.1 Å². The van der Waals surface area contributed by atoms with Gasteiger partial charge in [0.15, 0.2) is 0 Å². The molecule has 1 aliphatic rings. The van der Waals surface area contributed by atoms with E-state index < -0.39 is 5.60 Å². The summed E-state index contributed by atoms with van der Waals surface area (Å²) >= 11 is 0. The predicted octanol–water partition coefficient (Wildman–Crippen LogP) is 2.68. The van der Waals surface area contributed by atoms with Crippen LogP contribution in [0, 0.1) is 5.92 Å². The molecule has 1 aliphatic carbocycles. The maximum atomic E-state index is 11.6. The van der Waals surface area contributed by atoms with Gasteiger partial charge in [0, 0.05) is 12.6 Å². The number of alkyl carbamates (subject to hydrolysis) is 1. The van der Waals surface area contributed by atoms with Gasteiger partial charge in [-0.3, -0.25) is 0 Å². The first-order chi connectivity index (χ1) is 8.40. The van der Waals surface area contributed by atoms with Gasteiger partial charge in [0.25, 0.3) is 0 Å². The van der Waals surface area contributed by atoms with Gasteiger partial charge >= 0.3 is 6.09 Å². The van der Waals surface area contributed by atoms with E-state index in [2.05, 4.69) is 17.6 Å². The Hall–Kier alpha value is -0.770. The van der Waals surface area contributed by atoms with Gasteiger partial charge < -0.3 is 15.4 Å². The Morgan fingerprint density at radius 2 is 2.06 bits per heavy atom. The molecule has 1 unspecified atom stereocenters. The SMILES string of the molecule is CCCC(CNC(=O)OC(C)(C)C)NCC1CC1. The zero-order chi connectivity index (χ0) is 13.6. The molecule has 1 fully saturated rings. The van der Waals surface area contributed by atoms with E-state index in [9.17, 15) is 4.79 Å². The minimum Gasteiger partial charge on any atom is -0.444 e. The van der Waals surface area contributed by atoms with Crippen molar-refractivity contribution in [3.8, 4) is 0 Å². The summed E-state index contributed by atoms with van der Waals surface area (Å²) in [4.78, 5) is 11.6. The summed E-state index contributed by atoms with van der Waals surface area (Å²) in [5.74, 6) is 0.867. The number of ether oxygens (including phenoxy) is 1. The second-order valence-corrected chi connectivity index (χ2v) is 6.22. The fourth-order valence-corrected chi connectivity index (χ4v) is 1.80. The monoisotopic (exact) mass is 256 g/mol. The molecule has 2 N–H and O–H groups in total. The summed E-state index contributed by atoms with van der Waals surface area (Å²) < 4.78 is 5.23. The number of carbonyl (C=O) groups is 1. The smallest absolute Gasteiger partial charge is 0.407 e. The summed E-state index contributed by atoms with van der Waals surface area (Å²) in [6, 6.07) is 0.364. The topological polar surface area (TPSA) is 50.4 Å². The summed E-state index contributed by atoms with van der Waals surface area (Å²) in [6.45, 7) is 9.53. The molecule has 1 saturated carbocycles. The third-order valence-electron chi connectivity index (χ3n) is 2.92. The quantitative estimate of drug-likeness (QED) is 0.736. The lowest BCUT2D eigenvalue weighted by Crippen LogP contribution is -2.43.